The molecule has 0 bridgehead atoms. The first-order valence-electron chi connectivity index (χ1n) is 19.7. The number of hydrogen-bond donors (Lipinski definition) is 1. The fraction of sp³-hybridized carbons (Fsp3) is 0.439. The van der Waals surface area contributed by atoms with E-state index in [1.165, 1.54) is 12.1 Å². The molecule has 0 atom stereocenters. The lowest BCUT2D eigenvalue weighted by Gasteiger charge is -2.33. The zero-order chi connectivity index (χ0) is 41.8. The maximum Gasteiger partial charge on any atom is 0.295 e. The zero-order valence-electron chi connectivity index (χ0n) is 34.6. The molecular weight excluding hydrogens is 813 g/mol. The van der Waals surface area contributed by atoms with Crippen molar-refractivity contribution in [2.24, 2.45) is 0 Å². The molecule has 1 aliphatic heterocycles. The van der Waals surface area contributed by atoms with Gasteiger partial charge in [0.05, 0.1) is 16.7 Å². The van der Waals surface area contributed by atoms with E-state index in [1.54, 1.807) is 24.2 Å². The molecule has 0 unspecified atom stereocenters. The van der Waals surface area contributed by atoms with Crippen molar-refractivity contribution in [3.05, 3.63) is 77.9 Å². The van der Waals surface area contributed by atoms with Gasteiger partial charge in [-0.1, -0.05) is 31.2 Å². The zero-order valence-corrected chi connectivity index (χ0v) is 39.1. The van der Waals surface area contributed by atoms with Crippen molar-refractivity contribution in [3.8, 4) is 22.5 Å². The lowest BCUT2D eigenvalue weighted by Crippen LogP contribution is -2.46. The first kappa shape index (κ1) is 44.7. The molecule has 11 nitrogen and oxygen atoms in total. The summed E-state index contributed by atoms with van der Waals surface area (Å²) in [5.74, 6) is 0.219. The second kappa shape index (κ2) is 18.3. The van der Waals surface area contributed by atoms with Crippen molar-refractivity contribution in [2.45, 2.75) is 94.6 Å². The average Bonchev–Trinajstić information content (AvgIpc) is 3.15. The third-order valence-corrected chi connectivity index (χ3v) is 22.7. The minimum Gasteiger partial charge on any atom is -0.456 e. The number of anilines is 1. The lowest BCUT2D eigenvalue weighted by atomic mass is 9.93. The molecule has 0 saturated carbocycles. The Morgan fingerprint density at radius 3 is 2.12 bits per heavy atom. The van der Waals surface area contributed by atoms with E-state index in [-0.39, 0.29) is 22.6 Å². The average molecular weight is 870 g/mol. The summed E-state index contributed by atoms with van der Waals surface area (Å²) in [4.78, 5) is 10.4. The Balaban J connectivity index is 1.49. The highest BCUT2D eigenvalue weighted by atomic mass is 32.2. The maximum atomic E-state index is 13.8. The number of thioether (sulfide) groups is 1. The van der Waals surface area contributed by atoms with Gasteiger partial charge in [-0.3, -0.25) is 4.55 Å². The summed E-state index contributed by atoms with van der Waals surface area (Å²) in [6, 6.07) is 16.6. The molecule has 0 saturated heterocycles. The molecule has 2 heterocycles. The third-order valence-electron chi connectivity index (χ3n) is 10.1. The lowest BCUT2D eigenvalue weighted by molar-refractivity contribution is 0.483. The molecule has 0 spiro atoms. The molecule has 5 rings (SSSR count). The number of aryl methyl sites for hydroxylation is 1. The van der Waals surface area contributed by atoms with Crippen LogP contribution in [0.15, 0.2) is 86.4 Å². The van der Waals surface area contributed by atoms with Gasteiger partial charge in [-0.05, 0) is 102 Å². The summed E-state index contributed by atoms with van der Waals surface area (Å²) in [6.07, 6.45) is 4.50. The molecule has 57 heavy (non-hydrogen) atoms. The van der Waals surface area contributed by atoms with Crippen LogP contribution >= 0.6 is 11.8 Å². The molecule has 1 aromatic heterocycles. The summed E-state index contributed by atoms with van der Waals surface area (Å²) < 4.78 is 79.8. The second-order valence-electron chi connectivity index (χ2n) is 15.4. The highest BCUT2D eigenvalue weighted by Crippen LogP contribution is 2.43. The van der Waals surface area contributed by atoms with E-state index in [0.29, 0.717) is 38.6 Å². The molecule has 0 fully saturated rings. The Morgan fingerprint density at radius 2 is 1.51 bits per heavy atom. The Hall–Kier alpha value is -3.39. The van der Waals surface area contributed by atoms with Gasteiger partial charge in [0.1, 0.15) is 29.3 Å². The van der Waals surface area contributed by atoms with Crippen molar-refractivity contribution < 1.29 is 29.9 Å². The fourth-order valence-corrected chi connectivity index (χ4v) is 20.1. The van der Waals surface area contributed by atoms with Crippen LogP contribution in [0.5, 0.6) is 0 Å². The van der Waals surface area contributed by atoms with E-state index >= 15 is 0 Å². The third kappa shape index (κ3) is 10.8. The molecular formula is C41H57N4O7S3Si2+. The number of aromatic nitrogens is 2. The summed E-state index contributed by atoms with van der Waals surface area (Å²) >= 11 is 1.56. The van der Waals surface area contributed by atoms with E-state index in [9.17, 15) is 21.4 Å². The van der Waals surface area contributed by atoms with Gasteiger partial charge in [-0.25, -0.2) is 23.0 Å². The molecule has 1 N–H and O–H groups in total. The molecule has 2 aliphatic rings. The first-order valence-corrected chi connectivity index (χ1v) is 30.0. The maximum absolute atomic E-state index is 13.8. The topological polar surface area (TPSA) is 143 Å². The Bertz CT molecular complexity index is 2460. The van der Waals surface area contributed by atoms with Crippen molar-refractivity contribution >= 4 is 65.0 Å². The van der Waals surface area contributed by atoms with Crippen molar-refractivity contribution in [1.29, 1.82) is 0 Å². The van der Waals surface area contributed by atoms with Gasteiger partial charge in [-0.15, -0.1) is 0 Å². The van der Waals surface area contributed by atoms with Crippen molar-refractivity contribution in [2.75, 3.05) is 42.2 Å². The SMILES string of the molecule is CCC[Si](C)(C)O[Si](C)(C)CSc1ncc(CCS(=O)(=O)c2ccc(-c3c4ccc(=[N+](CC)CC)cc-4oc4cc(N(CC)CC)ccc34)c(S(=O)(=O)O)c2)cn1. The number of sulfone groups is 1. The summed E-state index contributed by atoms with van der Waals surface area (Å²) in [6.45, 7) is 22.6. The summed E-state index contributed by atoms with van der Waals surface area (Å²) in [7, 11) is -12.6. The van der Waals surface area contributed by atoms with Gasteiger partial charge in [-0.2, -0.15) is 8.42 Å². The van der Waals surface area contributed by atoms with E-state index in [4.69, 9.17) is 8.53 Å². The van der Waals surface area contributed by atoms with Gasteiger partial charge >= 0.3 is 0 Å². The van der Waals surface area contributed by atoms with Crippen LogP contribution in [0.3, 0.4) is 0 Å². The summed E-state index contributed by atoms with van der Waals surface area (Å²) in [5, 5.41) is 2.98. The number of benzene rings is 3. The predicted octanol–water partition coefficient (Wildman–Crippen LogP) is 8.38. The second-order valence-corrected chi connectivity index (χ2v) is 29.1. The van der Waals surface area contributed by atoms with E-state index in [2.05, 4.69) is 80.3 Å². The van der Waals surface area contributed by atoms with Crippen LogP contribution in [-0.4, -0.2) is 85.3 Å². The van der Waals surface area contributed by atoms with Crippen LogP contribution in [0.4, 0.5) is 5.69 Å². The minimum absolute atomic E-state index is 0.121. The monoisotopic (exact) mass is 869 g/mol. The van der Waals surface area contributed by atoms with Crippen LogP contribution in [0, 0.1) is 0 Å². The number of fused-ring (bicyclic) bond motifs is 2. The number of hydrogen-bond acceptors (Lipinski definition) is 10. The Morgan fingerprint density at radius 1 is 0.842 bits per heavy atom. The molecule has 308 valence electrons. The van der Waals surface area contributed by atoms with Gasteiger partial charge in [0.25, 0.3) is 10.1 Å². The van der Waals surface area contributed by atoms with Crippen molar-refractivity contribution in [3.63, 3.8) is 0 Å². The van der Waals surface area contributed by atoms with Crippen LogP contribution in [0.25, 0.3) is 33.4 Å². The quantitative estimate of drug-likeness (QED) is 0.0227. The molecule has 0 amide bonds. The normalized spacial score (nSPS) is 12.7. The van der Waals surface area contributed by atoms with Gasteiger partial charge in [0, 0.05) is 70.8 Å². The standard InChI is InChI=1S/C41H56N4O7S3Si2/c1-10-23-56(6,7)52-57(8,9)29-53-41-42-27-30(28-43-41)21-22-54(46,47)33-17-20-36(39(26-33)55(48,49)50)40-34-18-15-31(44(11-2)12-3)24-37(34)51-38-25-32(16-19-35(38)40)45(13-4)14-5/h15-20,24-28H,10-14,21-23,29H2,1-9H3/p+1. The highest BCUT2D eigenvalue weighted by Gasteiger charge is 2.33. The highest BCUT2D eigenvalue weighted by molar-refractivity contribution is 8.00. The smallest absolute Gasteiger partial charge is 0.295 e. The minimum atomic E-state index is -4.90. The van der Waals surface area contributed by atoms with Gasteiger partial charge in [0.2, 0.25) is 5.36 Å². The number of rotatable bonds is 18. The molecule has 0 radical (unpaired) electrons. The van der Waals surface area contributed by atoms with Crippen LogP contribution in [0.2, 0.25) is 32.2 Å². The van der Waals surface area contributed by atoms with Crippen LogP contribution in [-0.2, 0) is 30.5 Å². The first-order chi connectivity index (χ1) is 26.8. The molecule has 2 aromatic carbocycles. The number of nitrogens with zero attached hydrogens (tertiary/aromatic N) is 4. The molecule has 16 heteroatoms. The van der Waals surface area contributed by atoms with Gasteiger partial charge < -0.3 is 13.4 Å². The Labute approximate surface area is 344 Å². The van der Waals surface area contributed by atoms with E-state index in [1.807, 2.05) is 36.4 Å². The van der Waals surface area contributed by atoms with Gasteiger partial charge in [0.15, 0.2) is 31.6 Å². The van der Waals surface area contributed by atoms with Crippen molar-refractivity contribution in [1.82, 2.24) is 14.5 Å². The molecule has 3 aromatic rings. The summed E-state index contributed by atoms with van der Waals surface area (Å²) in [5.41, 5.74) is 3.41. The predicted molar refractivity (Wildman–Crippen MR) is 238 cm³/mol. The Kier molecular flexibility index (Phi) is 14.3. The largest absolute Gasteiger partial charge is 0.456 e. The van der Waals surface area contributed by atoms with E-state index < -0.39 is 41.5 Å². The van der Waals surface area contributed by atoms with Crippen LogP contribution < -0.4 is 14.8 Å². The van der Waals surface area contributed by atoms with Crippen LogP contribution in [0.1, 0.15) is 46.6 Å². The molecule has 1 aliphatic carbocycles. The fourth-order valence-electron chi connectivity index (χ4n) is 7.43. The van der Waals surface area contributed by atoms with E-state index in [0.717, 1.165) is 61.1 Å².